The molecule has 64 valence electrons. The van der Waals surface area contributed by atoms with Crippen molar-refractivity contribution in [3.8, 4) is 0 Å². The third kappa shape index (κ3) is 0.552. The highest BCUT2D eigenvalue weighted by Crippen LogP contribution is 2.60. The van der Waals surface area contributed by atoms with Crippen LogP contribution in [-0.2, 0) is 9.53 Å². The van der Waals surface area contributed by atoms with Crippen molar-refractivity contribution in [3.05, 3.63) is 0 Å². The van der Waals surface area contributed by atoms with Gasteiger partial charge in [0, 0.05) is 5.92 Å². The van der Waals surface area contributed by atoms with Crippen molar-refractivity contribution in [3.63, 3.8) is 0 Å². The molecule has 1 spiro atoms. The number of hydrogen-bond acceptors (Lipinski definition) is 3. The first-order valence-corrected chi connectivity index (χ1v) is 4.27. The van der Waals surface area contributed by atoms with E-state index < -0.39 is 11.7 Å². The molecular formula is C8H9NO3. The van der Waals surface area contributed by atoms with E-state index in [1.807, 2.05) is 0 Å². The highest BCUT2D eigenvalue weighted by molar-refractivity contribution is 6.03. The monoisotopic (exact) mass is 167 g/mol. The first kappa shape index (κ1) is 6.46. The standard InChI is InChI=1S/C8H9NO3/c10-6-8(12-7(11)9-6)2-1-4-3-5(4)8/h4-5H,1-3H2,(H,9,10,11). The Labute approximate surface area is 69.3 Å². The second-order valence-corrected chi connectivity index (χ2v) is 3.87. The summed E-state index contributed by atoms with van der Waals surface area (Å²) in [6.07, 6.45) is 2.25. The van der Waals surface area contributed by atoms with Crippen LogP contribution in [0.2, 0.25) is 0 Å². The van der Waals surface area contributed by atoms with Gasteiger partial charge in [0.15, 0.2) is 5.60 Å². The Hall–Kier alpha value is -1.06. The van der Waals surface area contributed by atoms with E-state index in [1.54, 1.807) is 0 Å². The average molecular weight is 167 g/mol. The summed E-state index contributed by atoms with van der Waals surface area (Å²) in [6, 6.07) is 0. The van der Waals surface area contributed by atoms with E-state index >= 15 is 0 Å². The first-order valence-electron chi connectivity index (χ1n) is 4.27. The van der Waals surface area contributed by atoms with Crippen LogP contribution < -0.4 is 5.32 Å². The van der Waals surface area contributed by atoms with Crippen LogP contribution in [0.4, 0.5) is 4.79 Å². The summed E-state index contributed by atoms with van der Waals surface area (Å²) in [7, 11) is 0. The number of rotatable bonds is 0. The summed E-state index contributed by atoms with van der Waals surface area (Å²) in [4.78, 5) is 22.2. The van der Waals surface area contributed by atoms with Crippen molar-refractivity contribution in [1.82, 2.24) is 5.32 Å². The van der Waals surface area contributed by atoms with E-state index in [0.717, 1.165) is 19.3 Å². The molecule has 0 aromatic carbocycles. The Morgan fingerprint density at radius 1 is 1.50 bits per heavy atom. The molecule has 2 saturated carbocycles. The van der Waals surface area contributed by atoms with E-state index in [1.165, 1.54) is 0 Å². The number of amides is 2. The number of alkyl carbamates (subject to hydrolysis) is 1. The minimum atomic E-state index is -0.748. The number of fused-ring (bicyclic) bond motifs is 2. The molecule has 0 bridgehead atoms. The van der Waals surface area contributed by atoms with Crippen LogP contribution in [0.1, 0.15) is 19.3 Å². The molecule has 1 saturated heterocycles. The topological polar surface area (TPSA) is 55.4 Å². The van der Waals surface area contributed by atoms with Crippen molar-refractivity contribution in [1.29, 1.82) is 0 Å². The van der Waals surface area contributed by atoms with Gasteiger partial charge in [-0.2, -0.15) is 0 Å². The Morgan fingerprint density at radius 3 is 2.75 bits per heavy atom. The lowest BCUT2D eigenvalue weighted by Crippen LogP contribution is -2.39. The van der Waals surface area contributed by atoms with Gasteiger partial charge in [0.25, 0.3) is 5.91 Å². The maximum absolute atomic E-state index is 11.4. The zero-order valence-corrected chi connectivity index (χ0v) is 6.50. The first-order chi connectivity index (χ1) is 5.72. The number of carbonyl (C=O) groups is 2. The highest BCUT2D eigenvalue weighted by atomic mass is 16.6. The van der Waals surface area contributed by atoms with Crippen LogP contribution in [0, 0.1) is 11.8 Å². The van der Waals surface area contributed by atoms with E-state index in [4.69, 9.17) is 4.74 Å². The molecule has 3 atom stereocenters. The van der Waals surface area contributed by atoms with E-state index in [-0.39, 0.29) is 5.91 Å². The molecule has 0 radical (unpaired) electrons. The van der Waals surface area contributed by atoms with Crippen molar-refractivity contribution in [2.75, 3.05) is 0 Å². The fourth-order valence-corrected chi connectivity index (χ4v) is 2.57. The summed E-state index contributed by atoms with van der Waals surface area (Å²) in [5.74, 6) is 0.753. The lowest BCUT2D eigenvalue weighted by molar-refractivity contribution is -0.132. The second-order valence-electron chi connectivity index (χ2n) is 3.87. The van der Waals surface area contributed by atoms with Gasteiger partial charge >= 0.3 is 6.09 Å². The number of hydrogen-bond donors (Lipinski definition) is 1. The molecule has 3 fully saturated rings. The van der Waals surface area contributed by atoms with Crippen molar-refractivity contribution in [2.24, 2.45) is 11.8 Å². The van der Waals surface area contributed by atoms with Gasteiger partial charge in [-0.25, -0.2) is 4.79 Å². The SMILES string of the molecule is O=C1NC(=O)C2(CCC3CC32)O1. The lowest BCUT2D eigenvalue weighted by atomic mass is 9.97. The zero-order chi connectivity index (χ0) is 8.34. The summed E-state index contributed by atoms with van der Waals surface area (Å²) >= 11 is 0. The fraction of sp³-hybridized carbons (Fsp3) is 0.750. The molecule has 1 heterocycles. The van der Waals surface area contributed by atoms with Gasteiger partial charge in [0.1, 0.15) is 0 Å². The molecule has 2 aliphatic carbocycles. The second kappa shape index (κ2) is 1.65. The number of carbonyl (C=O) groups excluding carboxylic acids is 2. The van der Waals surface area contributed by atoms with Gasteiger partial charge in [-0.1, -0.05) is 0 Å². The smallest absolute Gasteiger partial charge is 0.415 e. The number of nitrogens with one attached hydrogen (secondary N) is 1. The predicted molar refractivity (Wildman–Crippen MR) is 38.2 cm³/mol. The molecule has 1 N–H and O–H groups in total. The molecule has 1 aliphatic heterocycles. The molecule has 3 unspecified atom stereocenters. The average Bonchev–Trinajstić information content (AvgIpc) is 2.64. The molecule has 0 aromatic heterocycles. The van der Waals surface area contributed by atoms with Crippen LogP contribution in [0.15, 0.2) is 0 Å². The van der Waals surface area contributed by atoms with Gasteiger partial charge in [-0.05, 0) is 25.2 Å². The molecular weight excluding hydrogens is 158 g/mol. The highest BCUT2D eigenvalue weighted by Gasteiger charge is 2.67. The normalized spacial score (nSPS) is 49.0. The Bertz CT molecular complexity index is 288. The van der Waals surface area contributed by atoms with Gasteiger partial charge in [-0.15, -0.1) is 0 Å². The summed E-state index contributed by atoms with van der Waals surface area (Å²) in [5, 5.41) is 2.21. The van der Waals surface area contributed by atoms with Crippen LogP contribution in [0.5, 0.6) is 0 Å². The minimum Gasteiger partial charge on any atom is -0.432 e. The van der Waals surface area contributed by atoms with Crippen molar-refractivity contribution >= 4 is 12.0 Å². The molecule has 0 aromatic rings. The number of ether oxygens (including phenoxy) is 1. The Morgan fingerprint density at radius 2 is 2.33 bits per heavy atom. The quantitative estimate of drug-likeness (QED) is 0.569. The Balaban J connectivity index is 1.99. The summed E-state index contributed by atoms with van der Waals surface area (Å²) in [6.45, 7) is 0. The van der Waals surface area contributed by atoms with Crippen LogP contribution in [0.3, 0.4) is 0 Å². The van der Waals surface area contributed by atoms with E-state index in [9.17, 15) is 9.59 Å². The Kier molecular flexibility index (Phi) is 0.888. The maximum Gasteiger partial charge on any atom is 0.415 e. The molecule has 12 heavy (non-hydrogen) atoms. The van der Waals surface area contributed by atoms with E-state index in [2.05, 4.69) is 5.32 Å². The van der Waals surface area contributed by atoms with Gasteiger partial charge in [0.05, 0.1) is 0 Å². The van der Waals surface area contributed by atoms with E-state index in [0.29, 0.717) is 11.8 Å². The molecule has 4 heteroatoms. The van der Waals surface area contributed by atoms with Crippen LogP contribution in [0.25, 0.3) is 0 Å². The summed E-state index contributed by atoms with van der Waals surface area (Å²) in [5.41, 5.74) is -0.748. The molecule has 3 aliphatic rings. The molecule has 3 rings (SSSR count). The maximum atomic E-state index is 11.4. The summed E-state index contributed by atoms with van der Waals surface area (Å²) < 4.78 is 5.08. The van der Waals surface area contributed by atoms with Crippen LogP contribution >= 0.6 is 0 Å². The lowest BCUT2D eigenvalue weighted by Gasteiger charge is -2.19. The van der Waals surface area contributed by atoms with Crippen LogP contribution in [-0.4, -0.2) is 17.6 Å². The van der Waals surface area contributed by atoms with Crippen molar-refractivity contribution < 1.29 is 14.3 Å². The zero-order valence-electron chi connectivity index (χ0n) is 6.50. The number of imide groups is 1. The molecule has 4 nitrogen and oxygen atoms in total. The fourth-order valence-electron chi connectivity index (χ4n) is 2.57. The van der Waals surface area contributed by atoms with Gasteiger partial charge in [0.2, 0.25) is 0 Å². The van der Waals surface area contributed by atoms with Crippen molar-refractivity contribution in [2.45, 2.75) is 24.9 Å². The third-order valence-corrected chi connectivity index (χ3v) is 3.28. The predicted octanol–water partition coefficient (Wildman–Crippen LogP) is 0.421. The van der Waals surface area contributed by atoms with Gasteiger partial charge in [-0.3, -0.25) is 10.1 Å². The van der Waals surface area contributed by atoms with Gasteiger partial charge < -0.3 is 4.74 Å². The largest absolute Gasteiger partial charge is 0.432 e. The third-order valence-electron chi connectivity index (χ3n) is 3.28. The molecule has 2 amide bonds. The minimum absolute atomic E-state index is 0.211.